The molecule has 0 radical (unpaired) electrons. The average molecular weight is 702 g/mol. The summed E-state index contributed by atoms with van der Waals surface area (Å²) in [4.78, 5) is 15.0. The molecule has 0 saturated heterocycles. The molecule has 2 heterocycles. The molecule has 0 bridgehead atoms. The number of pyridine rings is 1. The van der Waals surface area contributed by atoms with Gasteiger partial charge in [0, 0.05) is 34.1 Å². The van der Waals surface area contributed by atoms with Crippen LogP contribution in [0.25, 0.3) is 99.6 Å². The van der Waals surface area contributed by atoms with Crippen molar-refractivity contribution in [3.63, 3.8) is 0 Å². The summed E-state index contributed by atoms with van der Waals surface area (Å²) in [7, 11) is 0. The van der Waals surface area contributed by atoms with Crippen molar-refractivity contribution < 1.29 is 0 Å². The Morgan fingerprint density at radius 1 is 0.291 bits per heavy atom. The van der Waals surface area contributed by atoms with Gasteiger partial charge in [0.25, 0.3) is 0 Å². The number of aryl methyl sites for hydroxylation is 1. The van der Waals surface area contributed by atoms with Crippen LogP contribution < -0.4 is 0 Å². The normalized spacial score (nSPS) is 11.4. The second kappa shape index (κ2) is 13.6. The Balaban J connectivity index is 1.19. The average Bonchev–Trinajstić information content (AvgIpc) is 3.27. The van der Waals surface area contributed by atoms with Crippen molar-refractivity contribution in [3.8, 4) is 67.3 Å². The SMILES string of the molecule is Cc1ccc(-c2ccc(-c3cc(-c4ccc5c6ccccc6c6ccccc6c5c4)cc(-c4nc(-c5ccccc5)cc(-c5ccccc5)n4)c3)cc2)cn1. The van der Waals surface area contributed by atoms with Gasteiger partial charge in [-0.3, -0.25) is 4.98 Å². The zero-order valence-electron chi connectivity index (χ0n) is 30.3. The number of rotatable bonds is 6. The fourth-order valence-electron chi connectivity index (χ4n) is 7.76. The van der Waals surface area contributed by atoms with E-state index in [1.807, 2.05) is 25.3 Å². The highest BCUT2D eigenvalue weighted by atomic mass is 14.9. The maximum Gasteiger partial charge on any atom is 0.160 e. The molecule has 0 aliphatic rings. The van der Waals surface area contributed by atoms with E-state index in [0.29, 0.717) is 5.82 Å². The predicted octanol–water partition coefficient (Wildman–Crippen LogP) is 13.6. The lowest BCUT2D eigenvalue weighted by atomic mass is 9.90. The predicted molar refractivity (Wildman–Crippen MR) is 230 cm³/mol. The van der Waals surface area contributed by atoms with Crippen LogP contribution in [0.1, 0.15) is 5.69 Å². The number of benzene rings is 8. The molecule has 10 aromatic rings. The van der Waals surface area contributed by atoms with Crippen molar-refractivity contribution in [2.75, 3.05) is 0 Å². The first-order valence-electron chi connectivity index (χ1n) is 18.7. The number of hydrogen-bond acceptors (Lipinski definition) is 3. The van der Waals surface area contributed by atoms with Gasteiger partial charge in [0.1, 0.15) is 0 Å². The lowest BCUT2D eigenvalue weighted by Gasteiger charge is -2.15. The van der Waals surface area contributed by atoms with Gasteiger partial charge < -0.3 is 0 Å². The van der Waals surface area contributed by atoms with E-state index in [1.165, 1.54) is 32.3 Å². The first kappa shape index (κ1) is 32.4. The summed E-state index contributed by atoms with van der Waals surface area (Å²) < 4.78 is 0. The van der Waals surface area contributed by atoms with Crippen LogP contribution in [0.5, 0.6) is 0 Å². The van der Waals surface area contributed by atoms with E-state index in [4.69, 9.17) is 9.97 Å². The van der Waals surface area contributed by atoms with Crippen molar-refractivity contribution >= 4 is 32.3 Å². The van der Waals surface area contributed by atoms with Crippen LogP contribution in [-0.4, -0.2) is 15.0 Å². The molecule has 0 spiro atoms. The van der Waals surface area contributed by atoms with E-state index in [2.05, 4.69) is 181 Å². The molecule has 0 aliphatic carbocycles. The Morgan fingerprint density at radius 2 is 0.727 bits per heavy atom. The molecule has 3 nitrogen and oxygen atoms in total. The molecule has 3 heteroatoms. The van der Waals surface area contributed by atoms with E-state index in [1.54, 1.807) is 0 Å². The Bertz CT molecular complexity index is 2910. The third-order valence-electron chi connectivity index (χ3n) is 10.6. The Labute approximate surface area is 320 Å². The molecule has 2 aromatic heterocycles. The summed E-state index contributed by atoms with van der Waals surface area (Å²) in [5.41, 5.74) is 12.5. The van der Waals surface area contributed by atoms with E-state index >= 15 is 0 Å². The van der Waals surface area contributed by atoms with E-state index in [9.17, 15) is 0 Å². The molecule has 258 valence electrons. The van der Waals surface area contributed by atoms with E-state index in [-0.39, 0.29) is 0 Å². The minimum Gasteiger partial charge on any atom is -0.261 e. The molecule has 0 amide bonds. The van der Waals surface area contributed by atoms with Gasteiger partial charge in [0.15, 0.2) is 5.82 Å². The van der Waals surface area contributed by atoms with Crippen LogP contribution >= 0.6 is 0 Å². The number of aromatic nitrogens is 3. The van der Waals surface area contributed by atoms with Crippen molar-refractivity contribution in [2.45, 2.75) is 6.92 Å². The van der Waals surface area contributed by atoms with Gasteiger partial charge in [-0.25, -0.2) is 9.97 Å². The third kappa shape index (κ3) is 6.12. The molecule has 55 heavy (non-hydrogen) atoms. The Kier molecular flexibility index (Phi) is 8.04. The van der Waals surface area contributed by atoms with Crippen LogP contribution in [-0.2, 0) is 0 Å². The highest BCUT2D eigenvalue weighted by Gasteiger charge is 2.15. The van der Waals surface area contributed by atoms with Crippen LogP contribution in [0.3, 0.4) is 0 Å². The molecule has 0 saturated carbocycles. The summed E-state index contributed by atoms with van der Waals surface area (Å²) in [5, 5.41) is 7.55. The molecule has 0 atom stereocenters. The quantitative estimate of drug-likeness (QED) is 0.162. The summed E-state index contributed by atoms with van der Waals surface area (Å²) >= 11 is 0. The topological polar surface area (TPSA) is 38.7 Å². The molecule has 0 fully saturated rings. The van der Waals surface area contributed by atoms with Crippen molar-refractivity contribution in [1.29, 1.82) is 0 Å². The number of nitrogens with zero attached hydrogens (tertiary/aromatic N) is 3. The van der Waals surface area contributed by atoms with Crippen molar-refractivity contribution in [1.82, 2.24) is 15.0 Å². The Hall–Kier alpha value is -7.23. The first-order chi connectivity index (χ1) is 27.1. The minimum atomic E-state index is 0.683. The van der Waals surface area contributed by atoms with Gasteiger partial charge >= 0.3 is 0 Å². The largest absolute Gasteiger partial charge is 0.261 e. The molecule has 0 N–H and O–H groups in total. The Morgan fingerprint density at radius 3 is 1.27 bits per heavy atom. The highest BCUT2D eigenvalue weighted by molar-refractivity contribution is 6.25. The second-order valence-electron chi connectivity index (χ2n) is 14.1. The first-order valence-corrected chi connectivity index (χ1v) is 18.7. The van der Waals surface area contributed by atoms with Gasteiger partial charge in [-0.15, -0.1) is 0 Å². The zero-order chi connectivity index (χ0) is 36.7. The lowest BCUT2D eigenvalue weighted by Crippen LogP contribution is -1.97. The summed E-state index contributed by atoms with van der Waals surface area (Å²) in [6, 6.07) is 67.0. The summed E-state index contributed by atoms with van der Waals surface area (Å²) in [6.07, 6.45) is 1.94. The molecule has 0 unspecified atom stereocenters. The van der Waals surface area contributed by atoms with Gasteiger partial charge in [0.2, 0.25) is 0 Å². The van der Waals surface area contributed by atoms with Gasteiger partial charge in [-0.05, 0) is 103 Å². The maximum absolute atomic E-state index is 5.24. The molecular formula is C52H35N3. The second-order valence-corrected chi connectivity index (χ2v) is 14.1. The van der Waals surface area contributed by atoms with Crippen LogP contribution in [0, 0.1) is 6.92 Å². The zero-order valence-corrected chi connectivity index (χ0v) is 30.3. The van der Waals surface area contributed by atoms with Crippen LogP contribution in [0.4, 0.5) is 0 Å². The van der Waals surface area contributed by atoms with Gasteiger partial charge in [-0.2, -0.15) is 0 Å². The van der Waals surface area contributed by atoms with Gasteiger partial charge in [-0.1, -0.05) is 152 Å². The van der Waals surface area contributed by atoms with Crippen LogP contribution in [0.2, 0.25) is 0 Å². The standard InChI is InChI=1S/C52H35N3/c1-34-20-21-40(33-53-34)35-22-24-36(25-23-35)41-28-42(39-26-27-48-46-18-9-8-16-44(46)45-17-10-11-19-47(45)49(48)31-39)30-43(29-41)52-54-50(37-12-4-2-5-13-37)32-51(55-52)38-14-6-3-7-15-38/h2-33H,1H3. The van der Waals surface area contributed by atoms with Crippen LogP contribution in [0.15, 0.2) is 194 Å². The fraction of sp³-hybridized carbons (Fsp3) is 0.0192. The monoisotopic (exact) mass is 701 g/mol. The van der Waals surface area contributed by atoms with Crippen molar-refractivity contribution in [3.05, 3.63) is 200 Å². The minimum absolute atomic E-state index is 0.683. The molecule has 10 rings (SSSR count). The number of hydrogen-bond donors (Lipinski definition) is 0. The van der Waals surface area contributed by atoms with E-state index in [0.717, 1.165) is 67.2 Å². The van der Waals surface area contributed by atoms with Crippen molar-refractivity contribution in [2.24, 2.45) is 0 Å². The maximum atomic E-state index is 5.24. The van der Waals surface area contributed by atoms with E-state index < -0.39 is 0 Å². The third-order valence-corrected chi connectivity index (χ3v) is 10.6. The number of fused-ring (bicyclic) bond motifs is 6. The smallest absolute Gasteiger partial charge is 0.160 e. The summed E-state index contributed by atoms with van der Waals surface area (Å²) in [6.45, 7) is 2.01. The molecular weight excluding hydrogens is 667 g/mol. The fourth-order valence-corrected chi connectivity index (χ4v) is 7.76. The lowest BCUT2D eigenvalue weighted by molar-refractivity contribution is 1.18. The summed E-state index contributed by atoms with van der Waals surface area (Å²) in [5.74, 6) is 0.683. The highest BCUT2D eigenvalue weighted by Crippen LogP contribution is 2.39. The van der Waals surface area contributed by atoms with Gasteiger partial charge in [0.05, 0.1) is 11.4 Å². The molecule has 8 aromatic carbocycles. The molecule has 0 aliphatic heterocycles.